The van der Waals surface area contributed by atoms with Crippen molar-refractivity contribution in [2.75, 3.05) is 19.0 Å². The van der Waals surface area contributed by atoms with E-state index >= 15 is 0 Å². The molecule has 2 heterocycles. The van der Waals surface area contributed by atoms with Gasteiger partial charge in [-0.25, -0.2) is 9.97 Å². The molecule has 0 aliphatic heterocycles. The first-order chi connectivity index (χ1) is 9.56. The minimum Gasteiger partial charge on any atom is -0.378 e. The molecule has 6 heteroatoms. The number of aryl methyl sites for hydroxylation is 2. The van der Waals surface area contributed by atoms with Crippen molar-refractivity contribution in [2.24, 2.45) is 0 Å². The summed E-state index contributed by atoms with van der Waals surface area (Å²) in [5, 5.41) is 3.30. The van der Waals surface area contributed by atoms with Crippen molar-refractivity contribution >= 4 is 39.7 Å². The third-order valence-corrected chi connectivity index (χ3v) is 4.93. The number of rotatable bonds is 5. The molecule has 0 saturated carbocycles. The van der Waals surface area contributed by atoms with Gasteiger partial charge in [0.1, 0.15) is 5.82 Å². The number of nitrogens with zero attached hydrogens (tertiary/aromatic N) is 2. The van der Waals surface area contributed by atoms with Crippen LogP contribution < -0.4 is 5.32 Å². The SMILES string of the molecule is CCNc1nc(-c2cc(C)sc2C)nc(COC)c1I. The van der Waals surface area contributed by atoms with Gasteiger partial charge in [-0.2, -0.15) is 0 Å². The van der Waals surface area contributed by atoms with E-state index < -0.39 is 0 Å². The molecule has 0 saturated heterocycles. The second-order valence-electron chi connectivity index (χ2n) is 4.45. The lowest BCUT2D eigenvalue weighted by molar-refractivity contribution is 0.181. The largest absolute Gasteiger partial charge is 0.378 e. The fraction of sp³-hybridized carbons (Fsp3) is 0.429. The van der Waals surface area contributed by atoms with Crippen molar-refractivity contribution in [3.8, 4) is 11.4 Å². The molecule has 0 radical (unpaired) electrons. The van der Waals surface area contributed by atoms with Gasteiger partial charge in [-0.05, 0) is 49.4 Å². The van der Waals surface area contributed by atoms with Crippen LogP contribution in [0.1, 0.15) is 22.4 Å². The molecule has 20 heavy (non-hydrogen) atoms. The quantitative estimate of drug-likeness (QED) is 0.767. The molecule has 0 aliphatic rings. The molecule has 1 N–H and O–H groups in total. The Bertz CT molecular complexity index is 585. The van der Waals surface area contributed by atoms with Gasteiger partial charge in [-0.3, -0.25) is 0 Å². The van der Waals surface area contributed by atoms with Gasteiger partial charge in [0.2, 0.25) is 0 Å². The highest BCUT2D eigenvalue weighted by molar-refractivity contribution is 14.1. The molecule has 0 aliphatic carbocycles. The predicted octanol–water partition coefficient (Wildman–Crippen LogP) is 4.00. The monoisotopic (exact) mass is 403 g/mol. The highest BCUT2D eigenvalue weighted by Crippen LogP contribution is 2.31. The first kappa shape index (κ1) is 15.7. The van der Waals surface area contributed by atoms with E-state index in [2.05, 4.69) is 64.7 Å². The maximum Gasteiger partial charge on any atom is 0.163 e. The maximum absolute atomic E-state index is 5.25. The third kappa shape index (κ3) is 3.29. The molecule has 0 atom stereocenters. The Hall–Kier alpha value is -0.730. The minimum atomic E-state index is 0.494. The van der Waals surface area contributed by atoms with Crippen molar-refractivity contribution in [3.05, 3.63) is 25.1 Å². The number of methoxy groups -OCH3 is 1. The van der Waals surface area contributed by atoms with Crippen LogP contribution >= 0.6 is 33.9 Å². The Morgan fingerprint density at radius 2 is 2.10 bits per heavy atom. The van der Waals surface area contributed by atoms with Crippen molar-refractivity contribution in [1.29, 1.82) is 0 Å². The van der Waals surface area contributed by atoms with E-state index in [1.165, 1.54) is 9.75 Å². The topological polar surface area (TPSA) is 47.0 Å². The maximum atomic E-state index is 5.25. The summed E-state index contributed by atoms with van der Waals surface area (Å²) in [5.74, 6) is 1.66. The van der Waals surface area contributed by atoms with E-state index in [0.29, 0.717) is 6.61 Å². The van der Waals surface area contributed by atoms with E-state index in [-0.39, 0.29) is 0 Å². The molecular formula is C14H18IN3OS. The molecular weight excluding hydrogens is 385 g/mol. The summed E-state index contributed by atoms with van der Waals surface area (Å²) in [4.78, 5) is 11.9. The first-order valence-corrected chi connectivity index (χ1v) is 8.33. The van der Waals surface area contributed by atoms with Crippen molar-refractivity contribution in [1.82, 2.24) is 9.97 Å². The normalized spacial score (nSPS) is 10.8. The fourth-order valence-electron chi connectivity index (χ4n) is 1.98. The summed E-state index contributed by atoms with van der Waals surface area (Å²) in [6, 6.07) is 2.15. The number of ether oxygens (including phenoxy) is 1. The number of aromatic nitrogens is 2. The summed E-state index contributed by atoms with van der Waals surface area (Å²) in [7, 11) is 1.69. The minimum absolute atomic E-state index is 0.494. The van der Waals surface area contributed by atoms with E-state index in [4.69, 9.17) is 4.74 Å². The van der Waals surface area contributed by atoms with Crippen LogP contribution in [0.25, 0.3) is 11.4 Å². The molecule has 4 nitrogen and oxygen atoms in total. The molecule has 0 unspecified atom stereocenters. The Kier molecular flexibility index (Phi) is 5.34. The van der Waals surface area contributed by atoms with Crippen molar-refractivity contribution in [3.63, 3.8) is 0 Å². The van der Waals surface area contributed by atoms with Gasteiger partial charge in [0.15, 0.2) is 5.82 Å². The van der Waals surface area contributed by atoms with Crippen LogP contribution in [0.5, 0.6) is 0 Å². The lowest BCUT2D eigenvalue weighted by Crippen LogP contribution is -2.08. The molecule has 0 fully saturated rings. The first-order valence-electron chi connectivity index (χ1n) is 6.43. The molecule has 0 aromatic carbocycles. The lowest BCUT2D eigenvalue weighted by atomic mass is 10.2. The zero-order valence-corrected chi connectivity index (χ0v) is 15.1. The zero-order valence-electron chi connectivity index (χ0n) is 12.1. The van der Waals surface area contributed by atoms with Crippen molar-refractivity contribution in [2.45, 2.75) is 27.4 Å². The van der Waals surface area contributed by atoms with Gasteiger partial charge in [0.05, 0.1) is 15.9 Å². The van der Waals surface area contributed by atoms with Crippen LogP contribution in [0.4, 0.5) is 5.82 Å². The molecule has 2 aromatic rings. The highest BCUT2D eigenvalue weighted by Gasteiger charge is 2.15. The van der Waals surface area contributed by atoms with E-state index in [0.717, 1.165) is 33.0 Å². The standard InChI is InChI=1S/C14H18IN3OS/c1-5-16-14-12(15)11(7-19-4)17-13(18-14)10-6-8(2)20-9(10)3/h6H,5,7H2,1-4H3,(H,16,17,18). The van der Waals surface area contributed by atoms with Gasteiger partial charge in [0, 0.05) is 29.0 Å². The molecule has 0 spiro atoms. The van der Waals surface area contributed by atoms with Crippen LogP contribution in [0.15, 0.2) is 6.07 Å². The average molecular weight is 403 g/mol. The second kappa shape index (κ2) is 6.82. The third-order valence-electron chi connectivity index (χ3n) is 2.83. The van der Waals surface area contributed by atoms with Crippen LogP contribution in [-0.4, -0.2) is 23.6 Å². The van der Waals surface area contributed by atoms with Crippen LogP contribution in [0, 0.1) is 17.4 Å². The summed E-state index contributed by atoms with van der Waals surface area (Å²) >= 11 is 4.05. The van der Waals surface area contributed by atoms with E-state index in [1.54, 1.807) is 18.4 Å². The Morgan fingerprint density at radius 1 is 1.35 bits per heavy atom. The number of halogens is 1. The number of hydrogen-bond donors (Lipinski definition) is 1. The smallest absolute Gasteiger partial charge is 0.163 e. The molecule has 2 rings (SSSR count). The molecule has 108 valence electrons. The summed E-state index contributed by atoms with van der Waals surface area (Å²) < 4.78 is 6.28. The lowest BCUT2D eigenvalue weighted by Gasteiger charge is -2.11. The van der Waals surface area contributed by atoms with E-state index in [9.17, 15) is 0 Å². The number of hydrogen-bond acceptors (Lipinski definition) is 5. The van der Waals surface area contributed by atoms with Gasteiger partial charge in [-0.1, -0.05) is 0 Å². The Morgan fingerprint density at radius 3 is 2.65 bits per heavy atom. The highest BCUT2D eigenvalue weighted by atomic mass is 127. The Labute approximate surface area is 137 Å². The summed E-state index contributed by atoms with van der Waals surface area (Å²) in [6.07, 6.45) is 0. The van der Waals surface area contributed by atoms with Gasteiger partial charge in [-0.15, -0.1) is 11.3 Å². The number of thiophene rings is 1. The number of anilines is 1. The second-order valence-corrected chi connectivity index (χ2v) is 6.99. The van der Waals surface area contributed by atoms with Gasteiger partial charge < -0.3 is 10.1 Å². The summed E-state index contributed by atoms with van der Waals surface area (Å²) in [6.45, 7) is 7.61. The predicted molar refractivity (Wildman–Crippen MR) is 92.4 cm³/mol. The number of nitrogens with one attached hydrogen (secondary N) is 1. The van der Waals surface area contributed by atoms with Crippen LogP contribution in [-0.2, 0) is 11.3 Å². The van der Waals surface area contributed by atoms with Gasteiger partial charge >= 0.3 is 0 Å². The Balaban J connectivity index is 2.55. The molecule has 0 amide bonds. The molecule has 2 aromatic heterocycles. The molecule has 0 bridgehead atoms. The van der Waals surface area contributed by atoms with Gasteiger partial charge in [0.25, 0.3) is 0 Å². The summed E-state index contributed by atoms with van der Waals surface area (Å²) in [5.41, 5.74) is 2.04. The average Bonchev–Trinajstić information content (AvgIpc) is 2.74. The van der Waals surface area contributed by atoms with Crippen LogP contribution in [0.2, 0.25) is 0 Å². The van der Waals surface area contributed by atoms with E-state index in [1.807, 2.05) is 0 Å². The fourth-order valence-corrected chi connectivity index (χ4v) is 3.49. The van der Waals surface area contributed by atoms with Crippen molar-refractivity contribution < 1.29 is 4.74 Å². The van der Waals surface area contributed by atoms with Crippen LogP contribution in [0.3, 0.4) is 0 Å². The zero-order chi connectivity index (χ0) is 14.7.